The van der Waals surface area contributed by atoms with Crippen LogP contribution in [0.2, 0.25) is 0 Å². The number of carbonyl (C=O) groups is 4. The Hall–Kier alpha value is -3.76. The van der Waals surface area contributed by atoms with Gasteiger partial charge in [0.1, 0.15) is 5.41 Å². The van der Waals surface area contributed by atoms with Crippen molar-refractivity contribution in [3.05, 3.63) is 119 Å². The summed E-state index contributed by atoms with van der Waals surface area (Å²) in [5.74, 6) is -1.44. The smallest absolute Gasteiger partial charge is 0.549 e. The monoisotopic (exact) mass is 592 g/mol. The minimum absolute atomic E-state index is 0. The summed E-state index contributed by atoms with van der Waals surface area (Å²) in [6, 6.07) is 25.3. The molecule has 218 valence electrons. The number of carbonyl (C=O) groups excluding carboxylic acids is 4. The molecule has 2 aliphatic heterocycles. The minimum Gasteiger partial charge on any atom is -0.549 e. The first-order chi connectivity index (χ1) is 19.6. The minimum atomic E-state index is -1.09. The van der Waals surface area contributed by atoms with Crippen LogP contribution in [0.3, 0.4) is 0 Å². The number of carboxylic acids is 1. The Morgan fingerprint density at radius 1 is 0.674 bits per heavy atom. The van der Waals surface area contributed by atoms with Crippen molar-refractivity contribution in [2.45, 2.75) is 50.6 Å². The van der Waals surface area contributed by atoms with E-state index in [9.17, 15) is 24.3 Å². The fourth-order valence-electron chi connectivity index (χ4n) is 5.82. The molecule has 0 spiro atoms. The van der Waals surface area contributed by atoms with E-state index in [0.717, 1.165) is 5.69 Å². The molecular formula is C33H33N2NaO7. The van der Waals surface area contributed by atoms with Crippen LogP contribution in [0.15, 0.2) is 84.9 Å². The van der Waals surface area contributed by atoms with Gasteiger partial charge in [0.05, 0.1) is 24.5 Å². The van der Waals surface area contributed by atoms with Crippen molar-refractivity contribution >= 4 is 23.5 Å². The number of methoxy groups -OCH3 is 1. The molecule has 4 aromatic rings. The van der Waals surface area contributed by atoms with Gasteiger partial charge in [0.25, 0.3) is 0 Å². The number of ether oxygens (including phenoxy) is 1. The van der Waals surface area contributed by atoms with Gasteiger partial charge in [-0.2, -0.15) is 0 Å². The molecule has 10 heteroatoms. The molecule has 6 rings (SSSR count). The zero-order valence-electron chi connectivity index (χ0n) is 24.8. The van der Waals surface area contributed by atoms with E-state index in [2.05, 4.69) is 0 Å². The molecule has 2 aromatic carbocycles. The van der Waals surface area contributed by atoms with E-state index in [1.807, 2.05) is 54.0 Å². The van der Waals surface area contributed by atoms with Gasteiger partial charge in [-0.05, 0) is 51.0 Å². The Bertz CT molecular complexity index is 1640. The van der Waals surface area contributed by atoms with Gasteiger partial charge in [-0.3, -0.25) is 14.4 Å². The molecule has 0 aliphatic carbocycles. The second-order valence-electron chi connectivity index (χ2n) is 10.8. The SMILES string of the molecule is CC1(C(=O)[O-])CCn2c(C(=O)c3ccccc3)ccc21.COC(=O)C1(C)CCn2c(C(=O)c3ccccc3)ccc21.O.[Na+]. The summed E-state index contributed by atoms with van der Waals surface area (Å²) < 4.78 is 8.64. The molecule has 2 N–H and O–H groups in total. The van der Waals surface area contributed by atoms with Crippen molar-refractivity contribution < 1.29 is 64.1 Å². The van der Waals surface area contributed by atoms with E-state index in [4.69, 9.17) is 4.74 Å². The Kier molecular flexibility index (Phi) is 10.4. The van der Waals surface area contributed by atoms with Crippen molar-refractivity contribution in [3.63, 3.8) is 0 Å². The molecule has 0 radical (unpaired) electrons. The average Bonchev–Trinajstić information content (AvgIpc) is 3.77. The predicted octanol–water partition coefficient (Wildman–Crippen LogP) is -0.137. The van der Waals surface area contributed by atoms with Crippen molar-refractivity contribution in [2.24, 2.45) is 0 Å². The number of esters is 1. The van der Waals surface area contributed by atoms with E-state index >= 15 is 0 Å². The Morgan fingerprint density at radius 2 is 1.07 bits per heavy atom. The quantitative estimate of drug-likeness (QED) is 0.173. The topological polar surface area (TPSA) is 142 Å². The van der Waals surface area contributed by atoms with Crippen LogP contribution in [0, 0.1) is 0 Å². The second-order valence-corrected chi connectivity index (χ2v) is 10.8. The largest absolute Gasteiger partial charge is 1.00 e. The van der Waals surface area contributed by atoms with Crippen LogP contribution in [-0.2, 0) is 38.2 Å². The molecular weight excluding hydrogens is 559 g/mol. The van der Waals surface area contributed by atoms with Crippen LogP contribution in [0.5, 0.6) is 0 Å². The van der Waals surface area contributed by atoms with E-state index < -0.39 is 16.8 Å². The number of rotatable bonds is 6. The maximum absolute atomic E-state index is 12.6. The van der Waals surface area contributed by atoms with E-state index in [0.29, 0.717) is 54.1 Å². The van der Waals surface area contributed by atoms with Crippen molar-refractivity contribution in [1.82, 2.24) is 9.13 Å². The van der Waals surface area contributed by atoms with E-state index in [-0.39, 0.29) is 52.6 Å². The van der Waals surface area contributed by atoms with Crippen molar-refractivity contribution in [3.8, 4) is 0 Å². The number of hydrogen-bond donors (Lipinski definition) is 0. The Balaban J connectivity index is 0.000000225. The summed E-state index contributed by atoms with van der Waals surface area (Å²) in [6.07, 6.45) is 1.12. The molecule has 2 aliphatic rings. The summed E-state index contributed by atoms with van der Waals surface area (Å²) in [7, 11) is 1.40. The second kappa shape index (κ2) is 13.3. The number of benzene rings is 2. The van der Waals surface area contributed by atoms with Gasteiger partial charge in [0.2, 0.25) is 11.6 Å². The fourth-order valence-corrected chi connectivity index (χ4v) is 5.82. The van der Waals surface area contributed by atoms with Gasteiger partial charge in [-0.15, -0.1) is 0 Å². The van der Waals surface area contributed by atoms with Crippen LogP contribution < -0.4 is 34.7 Å². The Labute approximate surface area is 272 Å². The van der Waals surface area contributed by atoms with Crippen LogP contribution in [-0.4, -0.2) is 45.2 Å². The number of nitrogens with zero attached hydrogens (tertiary/aromatic N) is 2. The molecule has 43 heavy (non-hydrogen) atoms. The number of aromatic nitrogens is 2. The Morgan fingerprint density at radius 3 is 1.47 bits per heavy atom. The van der Waals surface area contributed by atoms with Gasteiger partial charge >= 0.3 is 35.5 Å². The maximum atomic E-state index is 12.6. The van der Waals surface area contributed by atoms with Gasteiger partial charge in [-0.25, -0.2) is 0 Å². The first kappa shape index (κ1) is 33.7. The molecule has 0 amide bonds. The van der Waals surface area contributed by atoms with Crippen LogP contribution in [0.25, 0.3) is 0 Å². The average molecular weight is 593 g/mol. The molecule has 0 saturated heterocycles. The molecule has 0 bridgehead atoms. The van der Waals surface area contributed by atoms with Crippen LogP contribution in [0.1, 0.15) is 70.2 Å². The van der Waals surface area contributed by atoms with Crippen molar-refractivity contribution in [1.29, 1.82) is 0 Å². The fraction of sp³-hybridized carbons (Fsp3) is 0.273. The third kappa shape index (κ3) is 5.90. The third-order valence-corrected chi connectivity index (χ3v) is 8.39. The van der Waals surface area contributed by atoms with Crippen LogP contribution in [0.4, 0.5) is 0 Å². The predicted molar refractivity (Wildman–Crippen MR) is 153 cm³/mol. The van der Waals surface area contributed by atoms with Gasteiger partial charge < -0.3 is 29.2 Å². The summed E-state index contributed by atoms with van der Waals surface area (Å²) in [5, 5.41) is 11.3. The molecule has 2 atom stereocenters. The van der Waals surface area contributed by atoms with E-state index in [1.165, 1.54) is 7.11 Å². The molecule has 9 nitrogen and oxygen atoms in total. The number of fused-ring (bicyclic) bond motifs is 2. The van der Waals surface area contributed by atoms with Gasteiger partial charge in [-0.1, -0.05) is 60.7 Å². The number of hydrogen-bond acceptors (Lipinski definition) is 6. The number of carboxylic acid groups (broad SMARTS) is 1. The van der Waals surface area contributed by atoms with Gasteiger partial charge in [0, 0.05) is 41.0 Å². The summed E-state index contributed by atoms with van der Waals surface area (Å²) in [5.41, 5.74) is 2.27. The standard InChI is InChI=1S/C17H17NO3.C16H15NO3.Na.H2O/c1-17(16(20)21-2)10-11-18-13(8-9-14(17)18)15(19)12-6-4-3-5-7-12;1-16(15(19)20)9-10-17-12(7-8-13(16)17)14(18)11-5-3-2-4-6-11;;/h3-9H,10-11H2,1-2H3;2-8H,9-10H2,1H3,(H,19,20);;1H2/q;;+1;/p-1. The summed E-state index contributed by atoms with van der Waals surface area (Å²) >= 11 is 0. The van der Waals surface area contributed by atoms with E-state index in [1.54, 1.807) is 54.0 Å². The van der Waals surface area contributed by atoms with Crippen LogP contribution >= 0.6 is 0 Å². The first-order valence-corrected chi connectivity index (χ1v) is 13.5. The summed E-state index contributed by atoms with van der Waals surface area (Å²) in [6.45, 7) is 4.70. The number of ketones is 2. The molecule has 4 heterocycles. The van der Waals surface area contributed by atoms with Crippen molar-refractivity contribution in [2.75, 3.05) is 7.11 Å². The molecule has 0 fully saturated rings. The number of aliphatic carboxylic acids is 1. The van der Waals surface area contributed by atoms with Gasteiger partial charge in [0.15, 0.2) is 0 Å². The summed E-state index contributed by atoms with van der Waals surface area (Å²) in [4.78, 5) is 48.4. The molecule has 2 unspecified atom stereocenters. The molecule has 0 saturated carbocycles. The normalized spacial score (nSPS) is 19.4. The first-order valence-electron chi connectivity index (χ1n) is 13.5. The zero-order valence-corrected chi connectivity index (χ0v) is 26.8. The molecule has 2 aromatic heterocycles. The maximum Gasteiger partial charge on any atom is 1.00 e. The zero-order chi connectivity index (χ0) is 29.4. The third-order valence-electron chi connectivity index (χ3n) is 8.39.